The molecule has 1 fully saturated rings. The molecule has 1 heterocycles. The maximum atomic E-state index is 10.3. The van der Waals surface area contributed by atoms with Crippen molar-refractivity contribution in [2.45, 2.75) is 44.2 Å². The molecule has 4 atom stereocenters. The third-order valence-corrected chi connectivity index (χ3v) is 5.16. The summed E-state index contributed by atoms with van der Waals surface area (Å²) >= 11 is 6.37. The van der Waals surface area contributed by atoms with E-state index < -0.39 is 24.4 Å². The smallest absolute Gasteiger partial charge is 0.119 e. The van der Waals surface area contributed by atoms with Gasteiger partial charge in [-0.15, -0.1) is 0 Å². The quantitative estimate of drug-likeness (QED) is 0.704. The Kier molecular flexibility index (Phi) is 6.73. The van der Waals surface area contributed by atoms with E-state index in [0.29, 0.717) is 18.1 Å². The van der Waals surface area contributed by atoms with Gasteiger partial charge in [0, 0.05) is 11.4 Å². The van der Waals surface area contributed by atoms with Crippen LogP contribution in [0.5, 0.6) is 5.75 Å². The molecule has 1 saturated heterocycles. The summed E-state index contributed by atoms with van der Waals surface area (Å²) in [5.74, 6) is 0.827. The molecule has 0 unspecified atom stereocenters. The largest absolute Gasteiger partial charge is 0.494 e. The number of benzene rings is 2. The van der Waals surface area contributed by atoms with Crippen molar-refractivity contribution in [2.24, 2.45) is 0 Å². The highest BCUT2D eigenvalue weighted by molar-refractivity contribution is 6.31. The maximum absolute atomic E-state index is 10.3. The zero-order chi connectivity index (χ0) is 19.4. The van der Waals surface area contributed by atoms with Gasteiger partial charge in [0.1, 0.15) is 18.0 Å². The number of hydrogen-bond acceptors (Lipinski definition) is 5. The normalized spacial score (nSPS) is 25.4. The van der Waals surface area contributed by atoms with Gasteiger partial charge in [0.15, 0.2) is 0 Å². The Balaban J connectivity index is 1.79. The van der Waals surface area contributed by atoms with Crippen molar-refractivity contribution in [3.63, 3.8) is 0 Å². The second-order valence-corrected chi connectivity index (χ2v) is 7.16. The molecule has 2 aromatic rings. The number of hydrogen-bond donors (Lipinski definition) is 3. The summed E-state index contributed by atoms with van der Waals surface area (Å²) < 4.78 is 11.2. The Morgan fingerprint density at radius 2 is 1.85 bits per heavy atom. The number of aliphatic hydroxyl groups excluding tert-OH is 3. The highest BCUT2D eigenvalue weighted by Gasteiger charge is 2.36. The van der Waals surface area contributed by atoms with Gasteiger partial charge in [0.2, 0.25) is 0 Å². The third kappa shape index (κ3) is 4.81. The molecule has 146 valence electrons. The molecule has 27 heavy (non-hydrogen) atoms. The summed E-state index contributed by atoms with van der Waals surface area (Å²) in [5, 5.41) is 30.2. The second-order valence-electron chi connectivity index (χ2n) is 6.75. The summed E-state index contributed by atoms with van der Waals surface area (Å²) in [6.45, 7) is 2.28. The lowest BCUT2D eigenvalue weighted by atomic mass is 9.92. The van der Waals surface area contributed by atoms with Gasteiger partial charge >= 0.3 is 0 Å². The molecule has 0 bridgehead atoms. The fourth-order valence-corrected chi connectivity index (χ4v) is 3.54. The molecular weight excluding hydrogens is 368 g/mol. The van der Waals surface area contributed by atoms with Gasteiger partial charge in [0.25, 0.3) is 0 Å². The lowest BCUT2D eigenvalue weighted by Gasteiger charge is -2.37. The van der Waals surface area contributed by atoms with Crippen LogP contribution < -0.4 is 4.74 Å². The van der Waals surface area contributed by atoms with Crippen molar-refractivity contribution >= 4 is 11.6 Å². The van der Waals surface area contributed by atoms with Gasteiger partial charge in [-0.1, -0.05) is 35.9 Å². The summed E-state index contributed by atoms with van der Waals surface area (Å²) in [6, 6.07) is 13.4. The van der Waals surface area contributed by atoms with E-state index in [-0.39, 0.29) is 13.0 Å². The van der Waals surface area contributed by atoms with Crippen LogP contribution >= 0.6 is 11.6 Å². The van der Waals surface area contributed by atoms with Crippen LogP contribution in [0.25, 0.3) is 0 Å². The number of halogens is 1. The average Bonchev–Trinajstić information content (AvgIpc) is 2.66. The molecule has 1 aliphatic heterocycles. The molecule has 0 aromatic heterocycles. The first-order valence-corrected chi connectivity index (χ1v) is 9.52. The van der Waals surface area contributed by atoms with Crippen molar-refractivity contribution < 1.29 is 24.8 Å². The molecule has 2 aromatic carbocycles. The minimum atomic E-state index is -0.878. The summed E-state index contributed by atoms with van der Waals surface area (Å²) in [6.07, 6.45) is -2.24. The Morgan fingerprint density at radius 3 is 2.52 bits per heavy atom. The molecule has 6 heteroatoms. The van der Waals surface area contributed by atoms with Crippen molar-refractivity contribution in [1.82, 2.24) is 0 Å². The van der Waals surface area contributed by atoms with Crippen LogP contribution in [-0.4, -0.2) is 46.8 Å². The number of aliphatic hydroxyl groups is 3. The summed E-state index contributed by atoms with van der Waals surface area (Å²) in [5.41, 5.74) is 2.78. The monoisotopic (exact) mass is 392 g/mol. The minimum Gasteiger partial charge on any atom is -0.494 e. The Morgan fingerprint density at radius 1 is 1.11 bits per heavy atom. The van der Waals surface area contributed by atoms with Gasteiger partial charge in [-0.05, 0) is 48.2 Å². The standard InChI is InChI=1S/C21H25ClO5/c1-2-26-16-6-3-13(4-7-16)9-15-10-14(5-8-17(15)22)21-19(25)11-18(24)20(12-23)27-21/h3-8,10,18-21,23-25H,2,9,11-12H2,1H3/t18-,19+,20+,21+/m0/s1. The fraction of sp³-hybridized carbons (Fsp3) is 0.429. The van der Waals surface area contributed by atoms with Gasteiger partial charge < -0.3 is 24.8 Å². The number of ether oxygens (including phenoxy) is 2. The first-order chi connectivity index (χ1) is 13.0. The van der Waals surface area contributed by atoms with Crippen molar-refractivity contribution in [1.29, 1.82) is 0 Å². The van der Waals surface area contributed by atoms with E-state index in [1.807, 2.05) is 43.3 Å². The lowest BCUT2D eigenvalue weighted by molar-refractivity contribution is -0.181. The topological polar surface area (TPSA) is 79.2 Å². The molecule has 5 nitrogen and oxygen atoms in total. The van der Waals surface area contributed by atoms with Gasteiger partial charge in [-0.2, -0.15) is 0 Å². The maximum Gasteiger partial charge on any atom is 0.119 e. The van der Waals surface area contributed by atoms with E-state index in [1.54, 1.807) is 6.07 Å². The molecular formula is C21H25ClO5. The summed E-state index contributed by atoms with van der Waals surface area (Å²) in [7, 11) is 0. The molecule has 0 saturated carbocycles. The minimum absolute atomic E-state index is 0.159. The Labute approximate surface area is 164 Å². The zero-order valence-corrected chi connectivity index (χ0v) is 16.0. The molecule has 0 spiro atoms. The van der Waals surface area contributed by atoms with E-state index >= 15 is 0 Å². The number of rotatable bonds is 6. The first-order valence-electron chi connectivity index (χ1n) is 9.14. The molecule has 3 N–H and O–H groups in total. The van der Waals surface area contributed by atoms with Crippen molar-refractivity contribution in [2.75, 3.05) is 13.2 Å². The van der Waals surface area contributed by atoms with Crippen LogP contribution in [0.3, 0.4) is 0 Å². The predicted molar refractivity (Wildman–Crippen MR) is 103 cm³/mol. The molecule has 3 rings (SSSR count). The average molecular weight is 393 g/mol. The fourth-order valence-electron chi connectivity index (χ4n) is 3.36. The highest BCUT2D eigenvalue weighted by Crippen LogP contribution is 2.34. The van der Waals surface area contributed by atoms with Gasteiger partial charge in [-0.25, -0.2) is 0 Å². The van der Waals surface area contributed by atoms with Crippen LogP contribution in [-0.2, 0) is 11.2 Å². The predicted octanol–water partition coefficient (Wildman–Crippen LogP) is 2.87. The van der Waals surface area contributed by atoms with Crippen molar-refractivity contribution in [3.8, 4) is 5.75 Å². The Hall–Kier alpha value is -1.63. The zero-order valence-electron chi connectivity index (χ0n) is 15.2. The Bertz CT molecular complexity index is 749. The third-order valence-electron chi connectivity index (χ3n) is 4.79. The van der Waals surface area contributed by atoms with Crippen LogP contribution in [0.2, 0.25) is 5.02 Å². The molecule has 0 radical (unpaired) electrons. The lowest BCUT2D eigenvalue weighted by Crippen LogP contribution is -2.44. The van der Waals surface area contributed by atoms with Gasteiger partial charge in [-0.3, -0.25) is 0 Å². The SMILES string of the molecule is CCOc1ccc(Cc2cc([C@H]3O[C@H](CO)[C@@H](O)C[C@H]3O)ccc2Cl)cc1. The van der Waals surface area contributed by atoms with Gasteiger partial charge in [0.05, 0.1) is 25.4 Å². The first kappa shape index (κ1) is 20.1. The van der Waals surface area contributed by atoms with E-state index in [2.05, 4.69) is 0 Å². The van der Waals surface area contributed by atoms with E-state index in [1.165, 1.54) is 0 Å². The van der Waals surface area contributed by atoms with E-state index in [4.69, 9.17) is 21.1 Å². The van der Waals surface area contributed by atoms with Crippen LogP contribution in [0, 0.1) is 0 Å². The van der Waals surface area contributed by atoms with E-state index in [0.717, 1.165) is 22.4 Å². The second kappa shape index (κ2) is 9.04. The highest BCUT2D eigenvalue weighted by atomic mass is 35.5. The van der Waals surface area contributed by atoms with Crippen molar-refractivity contribution in [3.05, 3.63) is 64.2 Å². The van der Waals surface area contributed by atoms with E-state index in [9.17, 15) is 15.3 Å². The molecule has 0 aliphatic carbocycles. The summed E-state index contributed by atoms with van der Waals surface area (Å²) in [4.78, 5) is 0. The van der Waals surface area contributed by atoms with Crippen LogP contribution in [0.4, 0.5) is 0 Å². The molecule has 0 amide bonds. The van der Waals surface area contributed by atoms with Crippen LogP contribution in [0.1, 0.15) is 36.1 Å². The molecule has 1 aliphatic rings. The van der Waals surface area contributed by atoms with Crippen LogP contribution in [0.15, 0.2) is 42.5 Å².